The fraction of sp³-hybridized carbons (Fsp3) is 0.462. The van der Waals surface area contributed by atoms with Crippen molar-refractivity contribution in [2.75, 3.05) is 0 Å². The van der Waals surface area contributed by atoms with Gasteiger partial charge in [-0.1, -0.05) is 13.8 Å². The average molecular weight is 245 g/mol. The van der Waals surface area contributed by atoms with E-state index in [0.29, 0.717) is 17.4 Å². The van der Waals surface area contributed by atoms with E-state index < -0.39 is 5.97 Å². The van der Waals surface area contributed by atoms with Crippen LogP contribution in [0, 0.1) is 0 Å². The normalized spacial score (nSPS) is 15.5. The van der Waals surface area contributed by atoms with Gasteiger partial charge in [0.2, 0.25) is 0 Å². The number of carbonyl (C=O) groups is 1. The van der Waals surface area contributed by atoms with Gasteiger partial charge in [0.25, 0.3) is 0 Å². The number of aromatic carboxylic acids is 1. The second-order valence-electron chi connectivity index (χ2n) is 5.11. The number of carboxylic acid groups (broad SMARTS) is 1. The van der Waals surface area contributed by atoms with E-state index in [4.69, 9.17) is 0 Å². The lowest BCUT2D eigenvalue weighted by Crippen LogP contribution is -2.03. The van der Waals surface area contributed by atoms with Crippen LogP contribution in [0.25, 0.3) is 5.52 Å². The minimum atomic E-state index is -0.988. The molecule has 0 aliphatic heterocycles. The van der Waals surface area contributed by atoms with Crippen molar-refractivity contribution in [2.45, 2.75) is 38.5 Å². The molecule has 1 N–H and O–H groups in total. The Bertz CT molecular complexity index is 626. The van der Waals surface area contributed by atoms with Crippen LogP contribution in [0.4, 0.5) is 0 Å². The van der Waals surface area contributed by atoms with Crippen LogP contribution >= 0.6 is 0 Å². The Morgan fingerprint density at radius 1 is 1.44 bits per heavy atom. The van der Waals surface area contributed by atoms with Crippen molar-refractivity contribution < 1.29 is 9.90 Å². The van der Waals surface area contributed by atoms with E-state index in [1.165, 1.54) is 0 Å². The lowest BCUT2D eigenvalue weighted by atomic mass is 10.1. The van der Waals surface area contributed by atoms with Gasteiger partial charge in [0.15, 0.2) is 5.69 Å². The lowest BCUT2D eigenvalue weighted by molar-refractivity contribution is 0.0693. The summed E-state index contributed by atoms with van der Waals surface area (Å²) in [5.74, 6) is 0.501. The van der Waals surface area contributed by atoms with Gasteiger partial charge in [-0.3, -0.25) is 0 Å². The Hall–Kier alpha value is -1.91. The molecule has 94 valence electrons. The van der Waals surface area contributed by atoms with Crippen LogP contribution in [-0.2, 0) is 0 Å². The first-order valence-electron chi connectivity index (χ1n) is 6.20. The molecular weight excluding hydrogens is 230 g/mol. The quantitative estimate of drug-likeness (QED) is 0.901. The Labute approximate surface area is 104 Å². The van der Waals surface area contributed by atoms with Crippen molar-refractivity contribution in [1.29, 1.82) is 0 Å². The monoisotopic (exact) mass is 245 g/mol. The third-order valence-electron chi connectivity index (χ3n) is 3.28. The number of rotatable bonds is 3. The third-order valence-corrected chi connectivity index (χ3v) is 3.28. The van der Waals surface area contributed by atoms with Crippen LogP contribution < -0.4 is 0 Å². The van der Waals surface area contributed by atoms with Gasteiger partial charge >= 0.3 is 5.97 Å². The highest BCUT2D eigenvalue weighted by Gasteiger charge is 2.31. The summed E-state index contributed by atoms with van der Waals surface area (Å²) in [6.45, 7) is 4.14. The molecule has 1 fully saturated rings. The predicted octanol–water partition coefficient (Wildman–Crippen LogP) is 2.43. The zero-order valence-corrected chi connectivity index (χ0v) is 10.4. The summed E-state index contributed by atoms with van der Waals surface area (Å²) in [5.41, 5.74) is 1.66. The number of fused-ring (bicyclic) bond motifs is 1. The number of carboxylic acids is 1. The van der Waals surface area contributed by atoms with E-state index >= 15 is 0 Å². The maximum absolute atomic E-state index is 11.2. The molecule has 2 aromatic rings. The highest BCUT2D eigenvalue weighted by atomic mass is 16.4. The molecule has 0 atom stereocenters. The van der Waals surface area contributed by atoms with Gasteiger partial charge in [-0.15, -0.1) is 0 Å². The number of hydrogen-bond acceptors (Lipinski definition) is 3. The molecule has 3 rings (SSSR count). The molecular formula is C13H15N3O2. The highest BCUT2D eigenvalue weighted by molar-refractivity contribution is 5.93. The smallest absolute Gasteiger partial charge is 0.356 e. The van der Waals surface area contributed by atoms with Crippen LogP contribution in [0.15, 0.2) is 12.1 Å². The Balaban J connectivity index is 2.25. The standard InChI is InChI=1S/C13H15N3O2/c1-7(2)9-5-6-10-11(13(17)18)14-12(8-3-4-8)16(10)15-9/h5-8H,3-4H2,1-2H3,(H,17,18). The van der Waals surface area contributed by atoms with Gasteiger partial charge in [0, 0.05) is 5.92 Å². The van der Waals surface area contributed by atoms with E-state index in [2.05, 4.69) is 23.9 Å². The summed E-state index contributed by atoms with van der Waals surface area (Å²) in [6.07, 6.45) is 2.15. The molecule has 0 aromatic carbocycles. The van der Waals surface area contributed by atoms with E-state index in [0.717, 1.165) is 24.4 Å². The van der Waals surface area contributed by atoms with Gasteiger partial charge in [0.1, 0.15) is 5.82 Å². The number of aromatic nitrogens is 3. The SMILES string of the molecule is CC(C)c1ccc2c(C(=O)O)nc(C3CC3)n2n1. The molecule has 1 aliphatic carbocycles. The van der Waals surface area contributed by atoms with Crippen LogP contribution in [0.1, 0.15) is 60.5 Å². The highest BCUT2D eigenvalue weighted by Crippen LogP contribution is 2.39. The fourth-order valence-corrected chi connectivity index (χ4v) is 2.08. The Kier molecular flexibility index (Phi) is 2.36. The molecule has 0 radical (unpaired) electrons. The molecule has 0 amide bonds. The number of imidazole rings is 1. The topological polar surface area (TPSA) is 67.5 Å². The Morgan fingerprint density at radius 3 is 2.72 bits per heavy atom. The predicted molar refractivity (Wildman–Crippen MR) is 66.0 cm³/mol. The first-order chi connectivity index (χ1) is 8.58. The van der Waals surface area contributed by atoms with Crippen molar-refractivity contribution in [3.63, 3.8) is 0 Å². The molecule has 0 saturated heterocycles. The van der Waals surface area contributed by atoms with Crippen LogP contribution in [-0.4, -0.2) is 25.7 Å². The fourth-order valence-electron chi connectivity index (χ4n) is 2.08. The van der Waals surface area contributed by atoms with Crippen molar-refractivity contribution in [1.82, 2.24) is 14.6 Å². The second kappa shape index (κ2) is 3.80. The molecule has 2 heterocycles. The minimum absolute atomic E-state index is 0.111. The molecule has 18 heavy (non-hydrogen) atoms. The van der Waals surface area contributed by atoms with E-state index in [1.54, 1.807) is 4.52 Å². The summed E-state index contributed by atoms with van der Waals surface area (Å²) in [6, 6.07) is 3.69. The molecule has 5 heteroatoms. The molecule has 0 bridgehead atoms. The third kappa shape index (κ3) is 1.66. The van der Waals surface area contributed by atoms with Crippen LogP contribution in [0.5, 0.6) is 0 Å². The maximum Gasteiger partial charge on any atom is 0.356 e. The first-order valence-corrected chi connectivity index (χ1v) is 6.20. The van der Waals surface area contributed by atoms with Gasteiger partial charge in [-0.25, -0.2) is 14.3 Å². The van der Waals surface area contributed by atoms with Crippen LogP contribution in [0.3, 0.4) is 0 Å². The molecule has 1 aliphatic rings. The van der Waals surface area contributed by atoms with Gasteiger partial charge in [-0.05, 0) is 30.9 Å². The van der Waals surface area contributed by atoms with Crippen molar-refractivity contribution >= 4 is 11.5 Å². The molecule has 0 unspecified atom stereocenters. The van der Waals surface area contributed by atoms with Gasteiger partial charge in [-0.2, -0.15) is 5.10 Å². The second-order valence-corrected chi connectivity index (χ2v) is 5.11. The molecule has 5 nitrogen and oxygen atoms in total. The molecule has 1 saturated carbocycles. The van der Waals surface area contributed by atoms with E-state index in [9.17, 15) is 9.90 Å². The summed E-state index contributed by atoms with van der Waals surface area (Å²) in [5, 5.41) is 13.7. The zero-order valence-electron chi connectivity index (χ0n) is 10.4. The van der Waals surface area contributed by atoms with Gasteiger partial charge < -0.3 is 5.11 Å². The van der Waals surface area contributed by atoms with Crippen molar-refractivity contribution in [3.05, 3.63) is 29.3 Å². The number of nitrogens with zero attached hydrogens (tertiary/aromatic N) is 3. The minimum Gasteiger partial charge on any atom is -0.476 e. The zero-order chi connectivity index (χ0) is 12.9. The molecule has 0 spiro atoms. The first kappa shape index (κ1) is 11.2. The Morgan fingerprint density at radius 2 is 2.17 bits per heavy atom. The largest absolute Gasteiger partial charge is 0.476 e. The summed E-state index contributed by atoms with van der Waals surface area (Å²) in [7, 11) is 0. The van der Waals surface area contributed by atoms with E-state index in [1.807, 2.05) is 12.1 Å². The molecule has 2 aromatic heterocycles. The van der Waals surface area contributed by atoms with Gasteiger partial charge in [0.05, 0.1) is 11.2 Å². The number of hydrogen-bond donors (Lipinski definition) is 1. The van der Waals surface area contributed by atoms with Crippen LogP contribution in [0.2, 0.25) is 0 Å². The van der Waals surface area contributed by atoms with Crippen molar-refractivity contribution in [3.8, 4) is 0 Å². The summed E-state index contributed by atoms with van der Waals surface area (Å²) in [4.78, 5) is 15.4. The lowest BCUT2D eigenvalue weighted by Gasteiger charge is -2.05. The maximum atomic E-state index is 11.2. The average Bonchev–Trinajstić information content (AvgIpc) is 3.09. The van der Waals surface area contributed by atoms with E-state index in [-0.39, 0.29) is 5.69 Å². The van der Waals surface area contributed by atoms with Crippen molar-refractivity contribution in [2.24, 2.45) is 0 Å². The summed E-state index contributed by atoms with van der Waals surface area (Å²) < 4.78 is 1.72. The summed E-state index contributed by atoms with van der Waals surface area (Å²) >= 11 is 0.